The minimum Gasteiger partial charge on any atom is -0.507 e. The van der Waals surface area contributed by atoms with Gasteiger partial charge in [0.25, 0.3) is 0 Å². The van der Waals surface area contributed by atoms with Gasteiger partial charge in [-0.2, -0.15) is 0 Å². The summed E-state index contributed by atoms with van der Waals surface area (Å²) in [5.41, 5.74) is 9.76. The lowest BCUT2D eigenvalue weighted by molar-refractivity contribution is 0.462. The molecule has 46 heavy (non-hydrogen) atoms. The standard InChI is InChI=1S/C37H32I4O5/c1-18-4-25(8-21-6-19(2)33(42)27(10-21)12-23-14-29(38)36(45)30(39)15-23)35(44)26(5-18)9-22-7-20(3)34(43)28(11-22)13-24-16-31(40)37(46)32(41)17-24/h4-7,10-11,14-17,42-46H,8-9,12-13H2,1-3H3. The van der Waals surface area contributed by atoms with Crippen molar-refractivity contribution < 1.29 is 25.5 Å². The summed E-state index contributed by atoms with van der Waals surface area (Å²) in [4.78, 5) is 0. The van der Waals surface area contributed by atoms with Crippen LogP contribution in [0.25, 0.3) is 0 Å². The lowest BCUT2D eigenvalue weighted by Crippen LogP contribution is -2.00. The summed E-state index contributed by atoms with van der Waals surface area (Å²) in [7, 11) is 0. The van der Waals surface area contributed by atoms with Crippen molar-refractivity contribution in [2.45, 2.75) is 46.5 Å². The molecule has 0 saturated carbocycles. The highest BCUT2D eigenvalue weighted by Gasteiger charge is 2.17. The van der Waals surface area contributed by atoms with Crippen molar-refractivity contribution in [2.75, 3.05) is 0 Å². The molecule has 0 aliphatic rings. The van der Waals surface area contributed by atoms with Gasteiger partial charge in [0.15, 0.2) is 0 Å². The fourth-order valence-corrected chi connectivity index (χ4v) is 9.66. The zero-order valence-electron chi connectivity index (χ0n) is 25.3. The molecule has 0 spiro atoms. The smallest absolute Gasteiger partial charge is 0.142 e. The van der Waals surface area contributed by atoms with Gasteiger partial charge in [-0.1, -0.05) is 42.0 Å². The molecule has 5 aromatic rings. The molecular weight excluding hydrogens is 1030 g/mol. The zero-order valence-corrected chi connectivity index (χ0v) is 34.0. The maximum absolute atomic E-state index is 11.5. The second-order valence-electron chi connectivity index (χ2n) is 11.8. The molecule has 0 heterocycles. The van der Waals surface area contributed by atoms with Gasteiger partial charge in [-0.25, -0.2) is 0 Å². The van der Waals surface area contributed by atoms with Gasteiger partial charge >= 0.3 is 0 Å². The maximum atomic E-state index is 11.5. The normalized spacial score (nSPS) is 11.3. The summed E-state index contributed by atoms with van der Waals surface area (Å²) in [5.74, 6) is 1.30. The van der Waals surface area contributed by atoms with Crippen LogP contribution in [-0.4, -0.2) is 25.5 Å². The van der Waals surface area contributed by atoms with Gasteiger partial charge in [0.05, 0.1) is 14.3 Å². The number of rotatable bonds is 8. The average molecular weight is 1060 g/mol. The number of hydrogen-bond acceptors (Lipinski definition) is 5. The molecule has 0 fully saturated rings. The molecule has 0 aliphatic carbocycles. The fourth-order valence-electron chi connectivity index (χ4n) is 5.86. The van der Waals surface area contributed by atoms with Crippen molar-refractivity contribution in [3.8, 4) is 28.7 Å². The van der Waals surface area contributed by atoms with Crippen LogP contribution in [0.3, 0.4) is 0 Å². The van der Waals surface area contributed by atoms with E-state index in [1.807, 2.05) is 81.4 Å². The summed E-state index contributed by atoms with van der Waals surface area (Å²) in [6.45, 7) is 5.80. The first-order valence-corrected chi connectivity index (χ1v) is 18.8. The molecule has 0 aromatic heterocycles. The first-order valence-electron chi connectivity index (χ1n) is 14.5. The van der Waals surface area contributed by atoms with Gasteiger partial charge in [-0.05, 0) is 191 Å². The van der Waals surface area contributed by atoms with Gasteiger partial charge in [0.2, 0.25) is 0 Å². The van der Waals surface area contributed by atoms with E-state index in [4.69, 9.17) is 0 Å². The molecule has 0 radical (unpaired) electrons. The quantitative estimate of drug-likeness (QED) is 0.0998. The predicted molar refractivity (Wildman–Crippen MR) is 217 cm³/mol. The molecule has 5 rings (SSSR count). The van der Waals surface area contributed by atoms with E-state index in [0.717, 1.165) is 75.5 Å². The van der Waals surface area contributed by atoms with Crippen LogP contribution in [0.4, 0.5) is 0 Å². The highest BCUT2D eigenvalue weighted by molar-refractivity contribution is 14.1. The Balaban J connectivity index is 1.43. The summed E-state index contributed by atoms with van der Waals surface area (Å²) in [6, 6.07) is 19.7. The van der Waals surface area contributed by atoms with Crippen LogP contribution in [0.2, 0.25) is 0 Å². The maximum Gasteiger partial charge on any atom is 0.142 e. The third-order valence-corrected chi connectivity index (χ3v) is 11.3. The molecule has 0 aliphatic heterocycles. The summed E-state index contributed by atoms with van der Waals surface area (Å²) >= 11 is 8.48. The Morgan fingerprint density at radius 2 is 0.652 bits per heavy atom. The first-order chi connectivity index (χ1) is 21.7. The Kier molecular flexibility index (Phi) is 11.2. The van der Waals surface area contributed by atoms with Crippen LogP contribution in [0.1, 0.15) is 61.2 Å². The fraction of sp³-hybridized carbons (Fsp3) is 0.189. The topological polar surface area (TPSA) is 101 Å². The molecule has 0 atom stereocenters. The minimum absolute atomic E-state index is 0.246. The Labute approximate surface area is 323 Å². The number of aromatic hydroxyl groups is 5. The Morgan fingerprint density at radius 1 is 0.370 bits per heavy atom. The van der Waals surface area contributed by atoms with Crippen LogP contribution < -0.4 is 0 Å². The van der Waals surface area contributed by atoms with Crippen molar-refractivity contribution >= 4 is 90.4 Å². The van der Waals surface area contributed by atoms with Crippen LogP contribution in [0.5, 0.6) is 28.7 Å². The van der Waals surface area contributed by atoms with E-state index >= 15 is 0 Å². The van der Waals surface area contributed by atoms with Gasteiger partial charge in [0.1, 0.15) is 28.7 Å². The molecule has 0 bridgehead atoms. The number of halogens is 4. The first kappa shape index (κ1) is 35.3. The van der Waals surface area contributed by atoms with E-state index in [0.29, 0.717) is 25.7 Å². The van der Waals surface area contributed by atoms with Crippen molar-refractivity contribution in [3.63, 3.8) is 0 Å². The number of hydrogen-bond donors (Lipinski definition) is 5. The number of phenols is 5. The third kappa shape index (κ3) is 8.00. The van der Waals surface area contributed by atoms with Gasteiger partial charge in [-0.15, -0.1) is 0 Å². The Morgan fingerprint density at radius 3 is 0.978 bits per heavy atom. The monoisotopic (exact) mass is 1060 g/mol. The SMILES string of the molecule is Cc1cc(Cc2cc(C)c(O)c(Cc3cc(I)c(O)c(I)c3)c2)c(O)c(Cc2cc(C)c(O)c(Cc3cc(I)c(O)c(I)c3)c2)c1. The van der Waals surface area contributed by atoms with Crippen molar-refractivity contribution in [3.05, 3.63) is 136 Å². The molecular formula is C37H32I4O5. The second-order valence-corrected chi connectivity index (χ2v) is 16.4. The van der Waals surface area contributed by atoms with Gasteiger partial charge in [-0.3, -0.25) is 0 Å². The summed E-state index contributed by atoms with van der Waals surface area (Å²) < 4.78 is 3.07. The lowest BCUT2D eigenvalue weighted by Gasteiger charge is -2.16. The molecule has 9 heteroatoms. The highest BCUT2D eigenvalue weighted by atomic mass is 127. The van der Waals surface area contributed by atoms with Crippen LogP contribution in [-0.2, 0) is 25.7 Å². The van der Waals surface area contributed by atoms with Crippen molar-refractivity contribution in [1.29, 1.82) is 0 Å². The molecule has 0 amide bonds. The summed E-state index contributed by atoms with van der Waals surface area (Å²) in [5, 5.41) is 53.7. The third-order valence-electron chi connectivity index (χ3n) is 8.02. The van der Waals surface area contributed by atoms with E-state index < -0.39 is 0 Å². The van der Waals surface area contributed by atoms with Crippen LogP contribution >= 0.6 is 90.4 Å². The Hall–Kier alpha value is -1.98. The minimum atomic E-state index is 0.246. The van der Waals surface area contributed by atoms with Gasteiger partial charge in [0, 0.05) is 25.7 Å². The van der Waals surface area contributed by atoms with E-state index in [1.165, 1.54) is 0 Å². The largest absolute Gasteiger partial charge is 0.507 e. The molecule has 238 valence electrons. The molecule has 5 N–H and O–H groups in total. The Bertz CT molecular complexity index is 1800. The molecule has 0 saturated heterocycles. The van der Waals surface area contributed by atoms with E-state index in [2.05, 4.69) is 90.4 Å². The number of benzene rings is 5. The predicted octanol–water partition coefficient (Wildman–Crippen LogP) is 9.92. The van der Waals surface area contributed by atoms with E-state index in [9.17, 15) is 25.5 Å². The second kappa shape index (κ2) is 14.6. The van der Waals surface area contributed by atoms with E-state index in [-0.39, 0.29) is 28.7 Å². The highest BCUT2D eigenvalue weighted by Crippen LogP contribution is 2.36. The van der Waals surface area contributed by atoms with Crippen molar-refractivity contribution in [1.82, 2.24) is 0 Å². The average Bonchev–Trinajstić information content (AvgIpc) is 2.98. The lowest BCUT2D eigenvalue weighted by atomic mass is 9.91. The number of aryl methyl sites for hydroxylation is 3. The van der Waals surface area contributed by atoms with E-state index in [1.54, 1.807) is 0 Å². The molecule has 5 aromatic carbocycles. The summed E-state index contributed by atoms with van der Waals surface area (Å²) in [6.07, 6.45) is 2.03. The van der Waals surface area contributed by atoms with Crippen LogP contribution in [0, 0.1) is 35.1 Å². The van der Waals surface area contributed by atoms with Crippen LogP contribution in [0.15, 0.2) is 60.7 Å². The van der Waals surface area contributed by atoms with Crippen molar-refractivity contribution in [2.24, 2.45) is 0 Å². The molecule has 0 unspecified atom stereocenters. The van der Waals surface area contributed by atoms with Gasteiger partial charge < -0.3 is 25.5 Å². The number of phenolic OH excluding ortho intramolecular Hbond substituents is 5. The molecule has 5 nitrogen and oxygen atoms in total. The zero-order chi connectivity index (χ0) is 33.4.